The van der Waals surface area contributed by atoms with Gasteiger partial charge in [-0.25, -0.2) is 4.98 Å². The molecule has 2 amide bonds. The van der Waals surface area contributed by atoms with Crippen LogP contribution in [-0.4, -0.2) is 52.4 Å². The summed E-state index contributed by atoms with van der Waals surface area (Å²) in [7, 11) is 2.03. The van der Waals surface area contributed by atoms with Crippen LogP contribution in [-0.2, 0) is 16.0 Å². The molecule has 1 aliphatic heterocycles. The van der Waals surface area contributed by atoms with E-state index in [-0.39, 0.29) is 17.7 Å². The maximum absolute atomic E-state index is 13.3. The molecule has 1 aromatic rings. The van der Waals surface area contributed by atoms with E-state index in [0.29, 0.717) is 19.4 Å². The van der Waals surface area contributed by atoms with Gasteiger partial charge in [-0.1, -0.05) is 32.6 Å². The van der Waals surface area contributed by atoms with Crippen molar-refractivity contribution in [2.45, 2.75) is 70.3 Å². The van der Waals surface area contributed by atoms with Crippen LogP contribution in [0.15, 0.2) is 0 Å². The van der Waals surface area contributed by atoms with E-state index in [1.165, 1.54) is 0 Å². The molecule has 2 fully saturated rings. The van der Waals surface area contributed by atoms with E-state index in [1.807, 2.05) is 14.0 Å². The van der Waals surface area contributed by atoms with Crippen molar-refractivity contribution in [2.24, 2.45) is 11.7 Å². The molecule has 0 spiro atoms. The number of nitrogens with two attached hydrogens (primary N) is 1. The number of hydrogen-bond donors (Lipinski definition) is 3. The van der Waals surface area contributed by atoms with Gasteiger partial charge < -0.3 is 20.9 Å². The number of aromatic nitrogens is 2. The molecule has 0 aromatic carbocycles. The lowest BCUT2D eigenvalue weighted by atomic mass is 9.86. The smallest absolute Gasteiger partial charge is 0.243 e. The van der Waals surface area contributed by atoms with Gasteiger partial charge in [-0.15, -0.1) is 0 Å². The van der Waals surface area contributed by atoms with E-state index in [1.54, 1.807) is 0 Å². The molecule has 4 N–H and O–H groups in total. The third-order valence-electron chi connectivity index (χ3n) is 6.29. The van der Waals surface area contributed by atoms with Crippen molar-refractivity contribution in [2.75, 3.05) is 20.1 Å². The van der Waals surface area contributed by atoms with E-state index in [2.05, 4.69) is 22.1 Å². The molecule has 150 valence electrons. The number of primary amides is 1. The predicted octanol–water partition coefficient (Wildman–Crippen LogP) is 1.62. The zero-order chi connectivity index (χ0) is 19.6. The summed E-state index contributed by atoms with van der Waals surface area (Å²) >= 11 is 0. The highest BCUT2D eigenvalue weighted by Gasteiger charge is 2.44. The van der Waals surface area contributed by atoms with E-state index in [4.69, 9.17) is 10.7 Å². The fourth-order valence-electron chi connectivity index (χ4n) is 4.70. The summed E-state index contributed by atoms with van der Waals surface area (Å²) in [5, 5.41) is 3.10. The second-order valence-corrected chi connectivity index (χ2v) is 8.33. The number of carbonyl (C=O) groups excluding carboxylic acids is 2. The van der Waals surface area contributed by atoms with Crippen LogP contribution in [0.2, 0.25) is 0 Å². The van der Waals surface area contributed by atoms with Gasteiger partial charge in [0.15, 0.2) is 0 Å². The molecular formula is C20H33N5O2. The number of imidazole rings is 1. The van der Waals surface area contributed by atoms with E-state index in [9.17, 15) is 9.59 Å². The third kappa shape index (κ3) is 4.03. The maximum Gasteiger partial charge on any atom is 0.243 e. The summed E-state index contributed by atoms with van der Waals surface area (Å²) in [6, 6.07) is 0. The molecular weight excluding hydrogens is 342 g/mol. The molecule has 2 heterocycles. The number of rotatable bonds is 5. The van der Waals surface area contributed by atoms with Crippen LogP contribution in [0.5, 0.6) is 0 Å². The summed E-state index contributed by atoms with van der Waals surface area (Å²) < 4.78 is 0. The molecule has 0 bridgehead atoms. The van der Waals surface area contributed by atoms with Gasteiger partial charge in [0.2, 0.25) is 11.8 Å². The van der Waals surface area contributed by atoms with Crippen LogP contribution >= 0.6 is 0 Å². The first kappa shape index (κ1) is 19.9. The quantitative estimate of drug-likeness (QED) is 0.680. The molecule has 7 nitrogen and oxygen atoms in total. The highest BCUT2D eigenvalue weighted by molar-refractivity contribution is 5.91. The number of likely N-dealkylation sites (tertiary alicyclic amines) is 1. The van der Waals surface area contributed by atoms with Gasteiger partial charge in [-0.2, -0.15) is 0 Å². The zero-order valence-corrected chi connectivity index (χ0v) is 16.8. The number of amides is 2. The van der Waals surface area contributed by atoms with Gasteiger partial charge in [-0.3, -0.25) is 9.59 Å². The number of nitrogens with one attached hydrogen (secondary N) is 2. The van der Waals surface area contributed by atoms with Crippen molar-refractivity contribution in [3.8, 4) is 0 Å². The van der Waals surface area contributed by atoms with Crippen molar-refractivity contribution in [3.63, 3.8) is 0 Å². The van der Waals surface area contributed by atoms with Crippen molar-refractivity contribution in [1.29, 1.82) is 0 Å². The van der Waals surface area contributed by atoms with Crippen molar-refractivity contribution in [3.05, 3.63) is 17.2 Å². The standard InChI is InChI=1S/C20H33N5O2/c1-4-16-22-13(2)17(23-16)14-11-25(3)12-15(14)18(26)24-20(19(21)27)9-7-5-6-8-10-20/h14-15H,4-12H2,1-3H3,(H2,21,27)(H,22,23)(H,24,26)/t14-,15-/m0/s1. The number of aromatic amines is 1. The Morgan fingerprint density at radius 2 is 1.93 bits per heavy atom. The molecule has 0 radical (unpaired) electrons. The zero-order valence-electron chi connectivity index (χ0n) is 16.8. The number of H-pyrrole nitrogens is 1. The Hall–Kier alpha value is -1.89. The molecule has 1 saturated carbocycles. The van der Waals surface area contributed by atoms with Gasteiger partial charge >= 0.3 is 0 Å². The fraction of sp³-hybridized carbons (Fsp3) is 0.750. The number of nitrogens with zero attached hydrogens (tertiary/aromatic N) is 2. The first-order valence-electron chi connectivity index (χ1n) is 10.2. The topological polar surface area (TPSA) is 104 Å². The number of aryl methyl sites for hydroxylation is 2. The monoisotopic (exact) mass is 375 g/mol. The molecule has 1 aliphatic carbocycles. The Morgan fingerprint density at radius 3 is 2.48 bits per heavy atom. The highest BCUT2D eigenvalue weighted by atomic mass is 16.2. The average molecular weight is 376 g/mol. The minimum absolute atomic E-state index is 0.0299. The lowest BCUT2D eigenvalue weighted by Crippen LogP contribution is -2.58. The van der Waals surface area contributed by atoms with E-state index >= 15 is 0 Å². The lowest BCUT2D eigenvalue weighted by Gasteiger charge is -2.32. The molecule has 0 unspecified atom stereocenters. The summed E-state index contributed by atoms with van der Waals surface area (Å²) in [6.07, 6.45) is 6.15. The van der Waals surface area contributed by atoms with Crippen molar-refractivity contribution in [1.82, 2.24) is 20.2 Å². The maximum atomic E-state index is 13.3. The van der Waals surface area contributed by atoms with E-state index in [0.717, 1.165) is 55.9 Å². The fourth-order valence-corrected chi connectivity index (χ4v) is 4.70. The molecule has 3 rings (SSSR count). The summed E-state index contributed by atoms with van der Waals surface area (Å²) in [5.74, 6) is 0.299. The predicted molar refractivity (Wildman–Crippen MR) is 104 cm³/mol. The molecule has 2 atom stereocenters. The van der Waals surface area contributed by atoms with Crippen LogP contribution in [0.1, 0.15) is 68.6 Å². The van der Waals surface area contributed by atoms with E-state index < -0.39 is 11.4 Å². The largest absolute Gasteiger partial charge is 0.368 e. The van der Waals surface area contributed by atoms with Crippen LogP contribution in [0.4, 0.5) is 0 Å². The van der Waals surface area contributed by atoms with Crippen molar-refractivity contribution < 1.29 is 9.59 Å². The Morgan fingerprint density at radius 1 is 1.26 bits per heavy atom. The molecule has 1 aromatic heterocycles. The third-order valence-corrected chi connectivity index (χ3v) is 6.29. The van der Waals surface area contributed by atoms with Gasteiger partial charge in [0, 0.05) is 31.1 Å². The van der Waals surface area contributed by atoms with Crippen LogP contribution in [0.25, 0.3) is 0 Å². The van der Waals surface area contributed by atoms with Gasteiger partial charge in [0.25, 0.3) is 0 Å². The summed E-state index contributed by atoms with van der Waals surface area (Å²) in [5.41, 5.74) is 6.87. The minimum Gasteiger partial charge on any atom is -0.368 e. The van der Waals surface area contributed by atoms with Crippen molar-refractivity contribution >= 4 is 11.8 Å². The van der Waals surface area contributed by atoms with Gasteiger partial charge in [-0.05, 0) is 26.8 Å². The Labute approximate surface area is 161 Å². The Balaban J connectivity index is 1.82. The summed E-state index contributed by atoms with van der Waals surface area (Å²) in [4.78, 5) is 35.8. The lowest BCUT2D eigenvalue weighted by molar-refractivity contribution is -0.134. The van der Waals surface area contributed by atoms with Crippen LogP contribution in [0, 0.1) is 12.8 Å². The van der Waals surface area contributed by atoms with Crippen LogP contribution in [0.3, 0.4) is 0 Å². The first-order chi connectivity index (χ1) is 12.9. The number of hydrogen-bond acceptors (Lipinski definition) is 4. The highest BCUT2D eigenvalue weighted by Crippen LogP contribution is 2.34. The number of carbonyl (C=O) groups is 2. The molecule has 1 saturated heterocycles. The van der Waals surface area contributed by atoms with Gasteiger partial charge in [0.1, 0.15) is 11.4 Å². The minimum atomic E-state index is -0.894. The second-order valence-electron chi connectivity index (χ2n) is 8.33. The SMILES string of the molecule is CCc1nc([C@H]2CN(C)C[C@@H]2C(=O)NC2(C(N)=O)CCCCCC2)c(C)[nH]1. The first-order valence-corrected chi connectivity index (χ1v) is 10.2. The second kappa shape index (κ2) is 8.00. The summed E-state index contributed by atoms with van der Waals surface area (Å²) in [6.45, 7) is 5.54. The normalized spacial score (nSPS) is 25.9. The molecule has 7 heteroatoms. The molecule has 27 heavy (non-hydrogen) atoms. The Kier molecular flexibility index (Phi) is 5.89. The van der Waals surface area contributed by atoms with Gasteiger partial charge in [0.05, 0.1) is 11.6 Å². The number of likely N-dealkylation sites (N-methyl/N-ethyl adjacent to an activating group) is 1. The van der Waals surface area contributed by atoms with Crippen LogP contribution < -0.4 is 11.1 Å². The average Bonchev–Trinajstić information content (AvgIpc) is 3.09. The molecule has 2 aliphatic rings. The Bertz CT molecular complexity index is 691.